The van der Waals surface area contributed by atoms with Crippen molar-refractivity contribution in [2.24, 2.45) is 0 Å². The Kier molecular flexibility index (Phi) is 8.58. The van der Waals surface area contributed by atoms with Gasteiger partial charge in [0.05, 0.1) is 16.8 Å². The molecule has 1 aliphatic carbocycles. The Balaban J connectivity index is 1.25. The summed E-state index contributed by atoms with van der Waals surface area (Å²) in [6.07, 6.45) is 0. The molecule has 0 amide bonds. The number of benzene rings is 9. The first kappa shape index (κ1) is 33.9. The van der Waals surface area contributed by atoms with Gasteiger partial charge in [0.2, 0.25) is 0 Å². The van der Waals surface area contributed by atoms with E-state index in [4.69, 9.17) is 0 Å². The molecule has 0 aromatic heterocycles. The molecule has 0 fully saturated rings. The average Bonchev–Trinajstić information content (AvgIpc) is 3.57. The molecule has 1 aliphatic rings. The van der Waals surface area contributed by atoms with Gasteiger partial charge >= 0.3 is 0 Å². The van der Waals surface area contributed by atoms with Gasteiger partial charge in [-0.2, -0.15) is 0 Å². The lowest BCUT2D eigenvalue weighted by Gasteiger charge is -2.34. The van der Waals surface area contributed by atoms with E-state index in [0.717, 1.165) is 38.6 Å². The number of hydrogen-bond acceptors (Lipinski definition) is 2. The van der Waals surface area contributed by atoms with Crippen LogP contribution in [0.2, 0.25) is 0 Å². The monoisotopic (exact) mass is 780 g/mol. The van der Waals surface area contributed by atoms with Crippen LogP contribution in [0.25, 0.3) is 21.9 Å². The van der Waals surface area contributed by atoms with Gasteiger partial charge in [-0.25, -0.2) is 0 Å². The fraction of sp³-hybridized carbons (Fsp3) is 0.0189. The minimum absolute atomic E-state index is 0.506. The van der Waals surface area contributed by atoms with Crippen LogP contribution in [0, 0.1) is 0 Å². The molecule has 0 N–H and O–H groups in total. The number of nitrogens with zero attached hydrogens (tertiary/aromatic N) is 2. The Morgan fingerprint density at radius 3 is 1.46 bits per heavy atom. The molecule has 56 heavy (non-hydrogen) atoms. The molecule has 0 bridgehead atoms. The van der Waals surface area contributed by atoms with Crippen molar-refractivity contribution in [1.82, 2.24) is 0 Å². The zero-order valence-electron chi connectivity index (χ0n) is 30.6. The lowest BCUT2D eigenvalue weighted by Crippen LogP contribution is -2.28. The van der Waals surface area contributed by atoms with Gasteiger partial charge in [0.25, 0.3) is 0 Å². The Bertz CT molecular complexity index is 2770. The molecule has 3 heteroatoms. The Morgan fingerprint density at radius 2 is 0.821 bits per heavy atom. The number of para-hydroxylation sites is 2. The first-order valence-electron chi connectivity index (χ1n) is 19.0. The van der Waals surface area contributed by atoms with Gasteiger partial charge in [-0.05, 0) is 87.8 Å². The molecule has 0 heterocycles. The van der Waals surface area contributed by atoms with E-state index < -0.39 is 5.41 Å². The number of hydrogen-bond donors (Lipinski definition) is 0. The van der Waals surface area contributed by atoms with Crippen LogP contribution in [0.4, 0.5) is 34.1 Å². The molecule has 9 aromatic rings. The maximum absolute atomic E-state index is 4.00. The van der Waals surface area contributed by atoms with Crippen molar-refractivity contribution >= 4 is 60.8 Å². The maximum Gasteiger partial charge on any atom is 0.0714 e. The van der Waals surface area contributed by atoms with Gasteiger partial charge in [0.1, 0.15) is 0 Å². The molecular formula is C53H37BrN2. The van der Waals surface area contributed by atoms with Crippen LogP contribution in [0.1, 0.15) is 22.3 Å². The largest absolute Gasteiger partial charge is 0.310 e. The van der Waals surface area contributed by atoms with E-state index in [0.29, 0.717) is 0 Å². The lowest BCUT2D eigenvalue weighted by molar-refractivity contribution is 0.768. The third kappa shape index (κ3) is 5.54. The molecule has 2 nitrogen and oxygen atoms in total. The van der Waals surface area contributed by atoms with Gasteiger partial charge in [-0.3, -0.25) is 0 Å². The van der Waals surface area contributed by atoms with Crippen LogP contribution in [0.3, 0.4) is 0 Å². The van der Waals surface area contributed by atoms with Crippen molar-refractivity contribution in [3.63, 3.8) is 0 Å². The van der Waals surface area contributed by atoms with E-state index in [1.807, 2.05) is 0 Å². The van der Waals surface area contributed by atoms with E-state index in [2.05, 4.69) is 250 Å². The molecule has 0 atom stereocenters. The molecule has 0 spiro atoms. The topological polar surface area (TPSA) is 6.48 Å². The molecule has 266 valence electrons. The second kappa shape index (κ2) is 14.2. The zero-order chi connectivity index (χ0) is 37.5. The Morgan fingerprint density at radius 1 is 0.357 bits per heavy atom. The molecule has 0 aliphatic heterocycles. The van der Waals surface area contributed by atoms with E-state index >= 15 is 0 Å². The SMILES string of the molecule is Brc1cc(N(c2ccccc2)c2cccc3c2-c2ccccc2C3(c2ccccc2)c2ccccc2)cc(N(c2ccccc2)c2cccc3ccccc23)c1. The summed E-state index contributed by atoms with van der Waals surface area (Å²) in [5, 5.41) is 2.39. The third-order valence-corrected chi connectivity index (χ3v) is 11.6. The van der Waals surface area contributed by atoms with Crippen molar-refractivity contribution in [3.8, 4) is 11.1 Å². The highest BCUT2D eigenvalue weighted by molar-refractivity contribution is 9.10. The van der Waals surface area contributed by atoms with Gasteiger partial charge in [-0.15, -0.1) is 0 Å². The number of rotatable bonds is 8. The predicted octanol–water partition coefficient (Wildman–Crippen LogP) is 14.9. The van der Waals surface area contributed by atoms with Crippen molar-refractivity contribution < 1.29 is 0 Å². The van der Waals surface area contributed by atoms with Crippen LogP contribution in [0.15, 0.2) is 229 Å². The predicted molar refractivity (Wildman–Crippen MR) is 238 cm³/mol. The van der Waals surface area contributed by atoms with E-state index in [1.54, 1.807) is 0 Å². The van der Waals surface area contributed by atoms with E-state index in [9.17, 15) is 0 Å². The van der Waals surface area contributed by atoms with Crippen LogP contribution in [-0.4, -0.2) is 0 Å². The molecule has 9 aromatic carbocycles. The van der Waals surface area contributed by atoms with E-state index in [1.165, 1.54) is 44.2 Å². The quantitative estimate of drug-likeness (QED) is 0.151. The average molecular weight is 782 g/mol. The summed E-state index contributed by atoms with van der Waals surface area (Å²) < 4.78 is 0.989. The summed E-state index contributed by atoms with van der Waals surface area (Å²) >= 11 is 4.00. The minimum Gasteiger partial charge on any atom is -0.310 e. The molecule has 0 radical (unpaired) electrons. The van der Waals surface area contributed by atoms with Crippen molar-refractivity contribution in [2.75, 3.05) is 9.80 Å². The smallest absolute Gasteiger partial charge is 0.0714 e. The van der Waals surface area contributed by atoms with E-state index in [-0.39, 0.29) is 0 Å². The second-order valence-corrected chi connectivity index (χ2v) is 15.2. The van der Waals surface area contributed by atoms with Crippen molar-refractivity contribution in [3.05, 3.63) is 251 Å². The summed E-state index contributed by atoms with van der Waals surface area (Å²) in [6.45, 7) is 0. The van der Waals surface area contributed by atoms with Crippen molar-refractivity contribution in [2.45, 2.75) is 5.41 Å². The Hall–Kier alpha value is -6.68. The standard InChI is InChI=1S/C53H37BrN2/c54-41-35-44(55(42-25-9-3-10-26-42)50-33-17-20-38-19-13-14-29-46(38)50)37-45(36-41)56(43-27-11-4-12-28-43)51-34-18-32-49-52(51)47-30-15-16-31-48(47)53(49,39-21-5-1-6-22-39)40-23-7-2-8-24-40/h1-37H. The van der Waals surface area contributed by atoms with Gasteiger partial charge < -0.3 is 9.80 Å². The van der Waals surface area contributed by atoms with Crippen LogP contribution >= 0.6 is 15.9 Å². The molecule has 0 saturated heterocycles. The number of halogens is 1. The second-order valence-electron chi connectivity index (χ2n) is 14.2. The van der Waals surface area contributed by atoms with Crippen LogP contribution in [0.5, 0.6) is 0 Å². The van der Waals surface area contributed by atoms with Gasteiger partial charge in [0.15, 0.2) is 0 Å². The minimum atomic E-state index is -0.506. The highest BCUT2D eigenvalue weighted by Crippen LogP contribution is 2.59. The highest BCUT2D eigenvalue weighted by Gasteiger charge is 2.47. The molecular weight excluding hydrogens is 745 g/mol. The summed E-state index contributed by atoms with van der Waals surface area (Å²) in [5.74, 6) is 0. The first-order valence-corrected chi connectivity index (χ1v) is 19.8. The fourth-order valence-corrected chi connectivity index (χ4v) is 9.36. The molecule has 0 saturated carbocycles. The van der Waals surface area contributed by atoms with Crippen LogP contribution < -0.4 is 9.80 Å². The summed E-state index contributed by atoms with van der Waals surface area (Å²) in [6, 6.07) is 81.3. The highest BCUT2D eigenvalue weighted by atomic mass is 79.9. The maximum atomic E-state index is 4.00. The fourth-order valence-electron chi connectivity index (χ4n) is 8.89. The first-order chi connectivity index (χ1) is 27.7. The summed E-state index contributed by atoms with van der Waals surface area (Å²) in [7, 11) is 0. The molecule has 10 rings (SSSR count). The van der Waals surface area contributed by atoms with Gasteiger partial charge in [-0.1, -0.05) is 186 Å². The Labute approximate surface area is 336 Å². The lowest BCUT2D eigenvalue weighted by atomic mass is 9.68. The third-order valence-electron chi connectivity index (χ3n) is 11.1. The molecule has 0 unspecified atom stereocenters. The zero-order valence-corrected chi connectivity index (χ0v) is 32.2. The number of fused-ring (bicyclic) bond motifs is 4. The normalized spacial score (nSPS) is 12.5. The van der Waals surface area contributed by atoms with Crippen LogP contribution in [-0.2, 0) is 5.41 Å². The summed E-state index contributed by atoms with van der Waals surface area (Å²) in [5.41, 5.74) is 13.5. The van der Waals surface area contributed by atoms with Gasteiger partial charge in [0, 0.05) is 38.2 Å². The van der Waals surface area contributed by atoms with Crippen molar-refractivity contribution in [1.29, 1.82) is 0 Å². The number of anilines is 6. The summed E-state index contributed by atoms with van der Waals surface area (Å²) in [4.78, 5) is 4.81.